The minimum absolute atomic E-state index is 0.0491. The average molecular weight is 591 g/mol. The van der Waals surface area contributed by atoms with Crippen LogP contribution in [0.25, 0.3) is 22.3 Å². The highest BCUT2D eigenvalue weighted by atomic mass is 16.2. The highest BCUT2D eigenvalue weighted by molar-refractivity contribution is 6.15. The number of aliphatic imine (C=N–C) groups is 1. The lowest BCUT2D eigenvalue weighted by Gasteiger charge is -2.42. The number of aryl methyl sites for hydroxylation is 1. The monoisotopic (exact) mass is 590 g/mol. The largest absolute Gasteiger partial charge is 0.342 e. The van der Waals surface area contributed by atoms with E-state index in [-0.39, 0.29) is 35.5 Å². The number of amides is 3. The molecule has 3 amide bonds. The van der Waals surface area contributed by atoms with Gasteiger partial charge in [-0.1, -0.05) is 48.5 Å². The molecule has 4 fully saturated rings. The first-order valence-corrected chi connectivity index (χ1v) is 16.1. The van der Waals surface area contributed by atoms with Gasteiger partial charge in [0.05, 0.1) is 6.20 Å². The maximum Gasteiger partial charge on any atom is 0.256 e. The Labute approximate surface area is 257 Å². The fourth-order valence-corrected chi connectivity index (χ4v) is 7.01. The van der Waals surface area contributed by atoms with Crippen LogP contribution in [0.5, 0.6) is 0 Å². The topological polar surface area (TPSA) is 91.1 Å². The molecule has 2 aliphatic carbocycles. The molecule has 3 aromatic rings. The minimum atomic E-state index is -0.816. The molecule has 2 saturated heterocycles. The van der Waals surface area contributed by atoms with Crippen molar-refractivity contribution in [1.29, 1.82) is 0 Å². The van der Waals surface area contributed by atoms with E-state index >= 15 is 0 Å². The molecule has 2 aromatic carbocycles. The Morgan fingerprint density at radius 2 is 1.30 bits per heavy atom. The molecule has 0 atom stereocenters. The maximum absolute atomic E-state index is 14.2. The lowest BCUT2D eigenvalue weighted by molar-refractivity contribution is -0.142. The Hall–Kier alpha value is -4.27. The van der Waals surface area contributed by atoms with E-state index in [9.17, 15) is 14.4 Å². The molecule has 44 heavy (non-hydrogen) atoms. The van der Waals surface area contributed by atoms with Gasteiger partial charge in [0.25, 0.3) is 5.91 Å². The van der Waals surface area contributed by atoms with Gasteiger partial charge < -0.3 is 9.80 Å². The van der Waals surface area contributed by atoms with Crippen LogP contribution in [0.1, 0.15) is 44.1 Å². The van der Waals surface area contributed by atoms with Gasteiger partial charge in [-0.3, -0.25) is 29.0 Å². The number of nitrogens with zero attached hydrogens (tertiary/aromatic N) is 6. The second kappa shape index (κ2) is 10.4. The number of aromatic nitrogens is 2. The lowest BCUT2D eigenvalue weighted by Crippen LogP contribution is -2.57. The number of amidine groups is 1. The van der Waals surface area contributed by atoms with Crippen LogP contribution in [-0.4, -0.2) is 86.3 Å². The molecule has 0 bridgehead atoms. The summed E-state index contributed by atoms with van der Waals surface area (Å²) in [5.74, 6) is 1.94. The van der Waals surface area contributed by atoms with Crippen LogP contribution in [0.15, 0.2) is 65.9 Å². The summed E-state index contributed by atoms with van der Waals surface area (Å²) in [6.07, 6.45) is 8.98. The second-order valence-electron chi connectivity index (χ2n) is 13.4. The van der Waals surface area contributed by atoms with Crippen LogP contribution in [0.2, 0.25) is 0 Å². The molecular formula is C35H38N6O3. The SMILES string of the molecule is Cn1cc(-c2ccc(-c3ccc(C4=NC5(CCN(C(=O)C6CC6)CC5)C(=O)N4CC4CN(C(=O)C5CC5)C4)cc3)cc2)cn1. The summed E-state index contributed by atoms with van der Waals surface area (Å²) in [6.45, 7) is 3.13. The van der Waals surface area contributed by atoms with Crippen LogP contribution < -0.4 is 0 Å². The Bertz CT molecular complexity index is 1640. The first-order valence-electron chi connectivity index (χ1n) is 16.1. The summed E-state index contributed by atoms with van der Waals surface area (Å²) in [5, 5.41) is 4.28. The number of benzene rings is 2. The fraction of sp³-hybridized carbons (Fsp3) is 0.457. The predicted molar refractivity (Wildman–Crippen MR) is 166 cm³/mol. The Kier molecular flexibility index (Phi) is 6.46. The molecule has 4 heterocycles. The number of likely N-dealkylation sites (tertiary alicyclic amines) is 2. The van der Waals surface area contributed by atoms with Crippen LogP contribution in [0.3, 0.4) is 0 Å². The van der Waals surface area contributed by atoms with Crippen molar-refractivity contribution < 1.29 is 14.4 Å². The van der Waals surface area contributed by atoms with Crippen molar-refractivity contribution in [2.45, 2.75) is 44.1 Å². The van der Waals surface area contributed by atoms with E-state index in [1.165, 1.54) is 0 Å². The van der Waals surface area contributed by atoms with E-state index in [1.807, 2.05) is 34.1 Å². The van der Waals surface area contributed by atoms with Gasteiger partial charge in [-0.25, -0.2) is 0 Å². The zero-order valence-electron chi connectivity index (χ0n) is 25.2. The molecule has 226 valence electrons. The van der Waals surface area contributed by atoms with Crippen molar-refractivity contribution in [3.05, 3.63) is 66.5 Å². The maximum atomic E-state index is 14.2. The number of carbonyl (C=O) groups excluding carboxylic acids is 3. The van der Waals surface area contributed by atoms with E-state index < -0.39 is 5.54 Å². The van der Waals surface area contributed by atoms with Crippen molar-refractivity contribution in [2.24, 2.45) is 29.8 Å². The highest BCUT2D eigenvalue weighted by Crippen LogP contribution is 2.39. The zero-order chi connectivity index (χ0) is 30.0. The van der Waals surface area contributed by atoms with Gasteiger partial charge in [-0.2, -0.15) is 5.10 Å². The summed E-state index contributed by atoms with van der Waals surface area (Å²) < 4.78 is 1.80. The van der Waals surface area contributed by atoms with Crippen molar-refractivity contribution in [3.8, 4) is 22.3 Å². The first-order chi connectivity index (χ1) is 21.4. The van der Waals surface area contributed by atoms with E-state index in [1.54, 1.807) is 4.68 Å². The minimum Gasteiger partial charge on any atom is -0.342 e. The molecule has 0 N–H and O–H groups in total. The average Bonchev–Trinajstić information content (AvgIpc) is 3.97. The van der Waals surface area contributed by atoms with Gasteiger partial charge in [0.2, 0.25) is 11.8 Å². The Balaban J connectivity index is 1.02. The molecule has 9 nitrogen and oxygen atoms in total. The fourth-order valence-electron chi connectivity index (χ4n) is 7.01. The number of carbonyl (C=O) groups is 3. The van der Waals surface area contributed by atoms with Crippen molar-refractivity contribution >= 4 is 23.6 Å². The predicted octanol–water partition coefficient (Wildman–Crippen LogP) is 3.98. The van der Waals surface area contributed by atoms with Crippen LogP contribution in [0, 0.1) is 17.8 Å². The number of rotatable bonds is 7. The lowest BCUT2D eigenvalue weighted by atomic mass is 9.87. The van der Waals surface area contributed by atoms with E-state index in [0.29, 0.717) is 45.6 Å². The summed E-state index contributed by atoms with van der Waals surface area (Å²) in [4.78, 5) is 50.4. The van der Waals surface area contributed by atoms with E-state index in [4.69, 9.17) is 4.99 Å². The van der Waals surface area contributed by atoms with Gasteiger partial charge in [0.15, 0.2) is 0 Å². The molecule has 9 heteroatoms. The molecule has 5 aliphatic rings. The molecule has 8 rings (SSSR count). The Morgan fingerprint density at radius 3 is 1.82 bits per heavy atom. The normalized spacial score (nSPS) is 21.5. The smallest absolute Gasteiger partial charge is 0.256 e. The number of piperidine rings is 1. The van der Waals surface area contributed by atoms with Crippen LogP contribution in [0.4, 0.5) is 0 Å². The van der Waals surface area contributed by atoms with Gasteiger partial charge >= 0.3 is 0 Å². The quantitative estimate of drug-likeness (QED) is 0.416. The highest BCUT2D eigenvalue weighted by Gasteiger charge is 2.52. The summed E-state index contributed by atoms with van der Waals surface area (Å²) >= 11 is 0. The molecule has 3 aliphatic heterocycles. The third-order valence-corrected chi connectivity index (χ3v) is 10.1. The first kappa shape index (κ1) is 27.3. The standard InChI is InChI=1S/C35H38N6O3/c1-38-22-30(18-36-38)26-4-2-24(3-5-26)25-6-8-27(9-7-25)31-37-35(14-16-39(17-15-35)32(42)28-10-11-28)34(44)41(31)21-23-19-40(20-23)33(43)29-12-13-29/h2-9,18,22-23,28-29H,10-17,19-21H2,1H3. The molecule has 2 saturated carbocycles. The van der Waals surface area contributed by atoms with Crippen molar-refractivity contribution in [2.75, 3.05) is 32.7 Å². The van der Waals surface area contributed by atoms with Crippen molar-refractivity contribution in [3.63, 3.8) is 0 Å². The Morgan fingerprint density at radius 1 is 0.773 bits per heavy atom. The summed E-state index contributed by atoms with van der Waals surface area (Å²) in [5.41, 5.74) is 4.53. The van der Waals surface area contributed by atoms with Gasteiger partial charge in [0, 0.05) is 74.8 Å². The molecular weight excluding hydrogens is 552 g/mol. The van der Waals surface area contributed by atoms with Crippen molar-refractivity contribution in [1.82, 2.24) is 24.5 Å². The molecule has 0 radical (unpaired) electrons. The second-order valence-corrected chi connectivity index (χ2v) is 13.4. The van der Waals surface area contributed by atoms with E-state index in [2.05, 4.69) is 53.6 Å². The number of hydrogen-bond acceptors (Lipinski definition) is 5. The van der Waals surface area contributed by atoms with Crippen LogP contribution in [-0.2, 0) is 21.4 Å². The summed E-state index contributed by atoms with van der Waals surface area (Å²) in [6, 6.07) is 16.8. The third kappa shape index (κ3) is 4.92. The van der Waals surface area contributed by atoms with Crippen LogP contribution >= 0.6 is 0 Å². The molecule has 1 spiro atoms. The number of hydrogen-bond donors (Lipinski definition) is 0. The molecule has 0 unspecified atom stereocenters. The van der Waals surface area contributed by atoms with E-state index in [0.717, 1.165) is 59.3 Å². The van der Waals surface area contributed by atoms with Gasteiger partial charge in [-0.15, -0.1) is 0 Å². The molecule has 1 aromatic heterocycles. The summed E-state index contributed by atoms with van der Waals surface area (Å²) in [7, 11) is 1.92. The third-order valence-electron chi connectivity index (χ3n) is 10.1. The zero-order valence-corrected chi connectivity index (χ0v) is 25.2. The van der Waals surface area contributed by atoms with Gasteiger partial charge in [0.1, 0.15) is 11.4 Å². The van der Waals surface area contributed by atoms with Gasteiger partial charge in [-0.05, 0) is 55.2 Å².